The van der Waals surface area contributed by atoms with Crippen molar-refractivity contribution < 1.29 is 18.9 Å². The van der Waals surface area contributed by atoms with Gasteiger partial charge < -0.3 is 4.90 Å². The maximum Gasteiger partial charge on any atom is 0.394 e. The van der Waals surface area contributed by atoms with Gasteiger partial charge in [0.1, 0.15) is 0 Å². The Morgan fingerprint density at radius 3 is 1.25 bits per heavy atom. The number of rotatable bonds is 3. The predicted molar refractivity (Wildman–Crippen MR) is 49.8 cm³/mol. The summed E-state index contributed by atoms with van der Waals surface area (Å²) < 4.78 is 31.6. The molecule has 78 valence electrons. The molecule has 0 saturated heterocycles. The normalized spacial score (nSPS) is 10.8. The first-order valence-electron chi connectivity index (χ1n) is 3.77. The zero-order chi connectivity index (χ0) is 10.2. The van der Waals surface area contributed by atoms with Gasteiger partial charge in [-0.15, -0.1) is 0 Å². The van der Waals surface area contributed by atoms with Gasteiger partial charge in [-0.25, -0.2) is 0 Å². The fraction of sp³-hybridized carbons (Fsp3) is 1.00. The summed E-state index contributed by atoms with van der Waals surface area (Å²) in [6.07, 6.45) is 0. The van der Waals surface area contributed by atoms with Crippen LogP contribution in [-0.4, -0.2) is 42.1 Å². The van der Waals surface area contributed by atoms with Crippen LogP contribution < -0.4 is 0 Å². The third-order valence-corrected chi connectivity index (χ3v) is 1.34. The molecule has 0 bridgehead atoms. The molecule has 12 heavy (non-hydrogen) atoms. The largest absolute Gasteiger partial charge is 0.394 e. The molecule has 0 aliphatic rings. The lowest BCUT2D eigenvalue weighted by Gasteiger charge is -2.13. The SMILES string of the molecule is CCN(CC)CC.O=S(=O)(O)O.[HH]. The van der Waals surface area contributed by atoms with Gasteiger partial charge in [0.05, 0.1) is 0 Å². The minimum absolute atomic E-state index is 0. The van der Waals surface area contributed by atoms with Gasteiger partial charge in [0, 0.05) is 1.43 Å². The number of hydrogen-bond acceptors (Lipinski definition) is 3. The van der Waals surface area contributed by atoms with E-state index in [-0.39, 0.29) is 1.43 Å². The molecule has 0 aromatic carbocycles. The topological polar surface area (TPSA) is 77.8 Å². The van der Waals surface area contributed by atoms with E-state index in [4.69, 9.17) is 17.5 Å². The molecule has 0 aromatic rings. The van der Waals surface area contributed by atoms with Gasteiger partial charge in [-0.05, 0) is 19.6 Å². The molecule has 0 rings (SSSR count). The highest BCUT2D eigenvalue weighted by molar-refractivity contribution is 7.79. The number of nitrogens with zero attached hydrogens (tertiary/aromatic N) is 1. The molecule has 0 aliphatic heterocycles. The average molecular weight is 201 g/mol. The van der Waals surface area contributed by atoms with Gasteiger partial charge in [-0.1, -0.05) is 20.8 Å². The van der Waals surface area contributed by atoms with Crippen molar-refractivity contribution in [2.45, 2.75) is 20.8 Å². The Hall–Kier alpha value is -0.170. The molecular formula is C6H19NO4S. The molecule has 0 aromatic heterocycles. The van der Waals surface area contributed by atoms with Crippen LogP contribution in [0.4, 0.5) is 0 Å². The van der Waals surface area contributed by atoms with Crippen molar-refractivity contribution in [2.75, 3.05) is 19.6 Å². The lowest BCUT2D eigenvalue weighted by molar-refractivity contribution is 0.321. The summed E-state index contributed by atoms with van der Waals surface area (Å²) in [4.78, 5) is 2.38. The van der Waals surface area contributed by atoms with E-state index in [0.717, 1.165) is 0 Å². The second-order valence-corrected chi connectivity index (χ2v) is 2.96. The Morgan fingerprint density at radius 2 is 1.25 bits per heavy atom. The van der Waals surface area contributed by atoms with Crippen molar-refractivity contribution in [2.24, 2.45) is 0 Å². The summed E-state index contributed by atoms with van der Waals surface area (Å²) in [5.41, 5.74) is 0. The molecule has 0 radical (unpaired) electrons. The van der Waals surface area contributed by atoms with Gasteiger partial charge in [0.2, 0.25) is 0 Å². The summed E-state index contributed by atoms with van der Waals surface area (Å²) in [6.45, 7) is 10.1. The second-order valence-electron chi connectivity index (χ2n) is 2.07. The van der Waals surface area contributed by atoms with Crippen molar-refractivity contribution in [3.63, 3.8) is 0 Å². The van der Waals surface area contributed by atoms with E-state index < -0.39 is 10.4 Å². The van der Waals surface area contributed by atoms with Crippen molar-refractivity contribution in [1.29, 1.82) is 0 Å². The summed E-state index contributed by atoms with van der Waals surface area (Å²) in [7, 11) is -4.67. The zero-order valence-corrected chi connectivity index (χ0v) is 8.50. The van der Waals surface area contributed by atoms with Crippen molar-refractivity contribution >= 4 is 10.4 Å². The maximum absolute atomic E-state index is 8.74. The van der Waals surface area contributed by atoms with E-state index in [2.05, 4.69) is 25.7 Å². The van der Waals surface area contributed by atoms with Gasteiger partial charge in [-0.2, -0.15) is 8.42 Å². The Bertz CT molecular complexity index is 166. The molecule has 0 amide bonds. The van der Waals surface area contributed by atoms with E-state index in [9.17, 15) is 0 Å². The van der Waals surface area contributed by atoms with Gasteiger partial charge in [0.15, 0.2) is 0 Å². The first-order valence-corrected chi connectivity index (χ1v) is 5.17. The van der Waals surface area contributed by atoms with Gasteiger partial charge in [-0.3, -0.25) is 9.11 Å². The summed E-state index contributed by atoms with van der Waals surface area (Å²) >= 11 is 0. The molecule has 0 unspecified atom stereocenters. The Morgan fingerprint density at radius 1 is 1.08 bits per heavy atom. The minimum atomic E-state index is -4.67. The van der Waals surface area contributed by atoms with Crippen molar-refractivity contribution in [3.8, 4) is 0 Å². The molecular weight excluding hydrogens is 182 g/mol. The molecule has 0 fully saturated rings. The van der Waals surface area contributed by atoms with Crippen LogP contribution in [0.1, 0.15) is 22.2 Å². The quantitative estimate of drug-likeness (QED) is 0.664. The van der Waals surface area contributed by atoms with E-state index >= 15 is 0 Å². The Labute approximate surface area is 75.4 Å². The molecule has 2 N–H and O–H groups in total. The fourth-order valence-corrected chi connectivity index (χ4v) is 0.671. The Balaban J connectivity index is -0.000000150. The van der Waals surface area contributed by atoms with Crippen molar-refractivity contribution in [1.82, 2.24) is 4.90 Å². The molecule has 0 atom stereocenters. The van der Waals surface area contributed by atoms with Crippen molar-refractivity contribution in [3.05, 3.63) is 0 Å². The standard InChI is InChI=1S/C6H15N.H2O4S.H2/c1-4-7(5-2)6-3;1-5(2,3)4;/h4-6H2,1-3H3;(H2,1,2,3,4);1H. The molecule has 5 nitrogen and oxygen atoms in total. The predicted octanol–water partition coefficient (Wildman–Crippen LogP) is 0.941. The van der Waals surface area contributed by atoms with Crippen LogP contribution in [-0.2, 0) is 10.4 Å². The zero-order valence-electron chi connectivity index (χ0n) is 7.69. The summed E-state index contributed by atoms with van der Waals surface area (Å²) in [6, 6.07) is 0. The van der Waals surface area contributed by atoms with Gasteiger partial charge in [0.25, 0.3) is 0 Å². The minimum Gasteiger partial charge on any atom is -0.304 e. The maximum atomic E-state index is 8.74. The van der Waals surface area contributed by atoms with Gasteiger partial charge >= 0.3 is 10.4 Å². The van der Waals surface area contributed by atoms with Crippen LogP contribution in [0.25, 0.3) is 0 Å². The smallest absolute Gasteiger partial charge is 0.304 e. The monoisotopic (exact) mass is 201 g/mol. The number of hydrogen-bond donors (Lipinski definition) is 2. The third kappa shape index (κ3) is 22.5. The molecule has 0 spiro atoms. The first kappa shape index (κ1) is 14.4. The van der Waals surface area contributed by atoms with Crippen LogP contribution >= 0.6 is 0 Å². The van der Waals surface area contributed by atoms with Crippen LogP contribution in [0.3, 0.4) is 0 Å². The molecule has 6 heteroatoms. The highest BCUT2D eigenvalue weighted by atomic mass is 32.3. The van der Waals surface area contributed by atoms with Crippen LogP contribution in [0.2, 0.25) is 0 Å². The van der Waals surface area contributed by atoms with Crippen LogP contribution in [0.5, 0.6) is 0 Å². The first-order chi connectivity index (χ1) is 5.35. The van der Waals surface area contributed by atoms with Crippen LogP contribution in [0, 0.1) is 0 Å². The van der Waals surface area contributed by atoms with Crippen LogP contribution in [0.15, 0.2) is 0 Å². The van der Waals surface area contributed by atoms with E-state index in [0.29, 0.717) is 0 Å². The lowest BCUT2D eigenvalue weighted by atomic mass is 10.5. The Kier molecular flexibility index (Phi) is 8.95. The third-order valence-electron chi connectivity index (χ3n) is 1.34. The molecule has 0 aliphatic carbocycles. The molecule has 0 heterocycles. The highest BCUT2D eigenvalue weighted by Crippen LogP contribution is 1.81. The fourth-order valence-electron chi connectivity index (χ4n) is 0.671. The molecule has 0 saturated carbocycles. The second kappa shape index (κ2) is 7.48. The lowest BCUT2D eigenvalue weighted by Crippen LogP contribution is -2.21. The van der Waals surface area contributed by atoms with E-state index in [1.54, 1.807) is 0 Å². The summed E-state index contributed by atoms with van der Waals surface area (Å²) in [5.74, 6) is 0. The highest BCUT2D eigenvalue weighted by Gasteiger charge is 1.89. The van der Waals surface area contributed by atoms with E-state index in [1.807, 2.05) is 0 Å². The average Bonchev–Trinajstić information content (AvgIpc) is 1.88. The van der Waals surface area contributed by atoms with E-state index in [1.165, 1.54) is 19.6 Å². The summed E-state index contributed by atoms with van der Waals surface area (Å²) in [5, 5.41) is 0.